The molecule has 1 fully saturated rings. The van der Waals surface area contributed by atoms with Gasteiger partial charge in [0.25, 0.3) is 0 Å². The maximum atomic E-state index is 9.96. The van der Waals surface area contributed by atoms with Crippen LogP contribution in [-0.2, 0) is 0 Å². The lowest BCUT2D eigenvalue weighted by Crippen LogP contribution is -2.53. The Bertz CT molecular complexity index is 532. The summed E-state index contributed by atoms with van der Waals surface area (Å²) in [7, 11) is 0. The normalized spacial score (nSPS) is 18.4. The molecular weight excluding hydrogens is 262 g/mol. The lowest BCUT2D eigenvalue weighted by atomic mass is 10.0. The van der Waals surface area contributed by atoms with Crippen LogP contribution in [-0.4, -0.2) is 41.7 Å². The standard InChI is InChI=1S/C17H25N3O/c1-13(21)15-6-5-14(12-18)11-16(15)19-7-9-20(10-8-19)17(2,3)4/h5-6,11,13,21H,7-10H2,1-4H3. The Morgan fingerprint density at radius 1 is 1.19 bits per heavy atom. The van der Waals surface area contributed by atoms with E-state index in [1.165, 1.54) is 0 Å². The van der Waals surface area contributed by atoms with Gasteiger partial charge in [-0.3, -0.25) is 4.90 Å². The summed E-state index contributed by atoms with van der Waals surface area (Å²) in [5.74, 6) is 0. The van der Waals surface area contributed by atoms with Gasteiger partial charge in [-0.25, -0.2) is 0 Å². The van der Waals surface area contributed by atoms with Crippen molar-refractivity contribution in [2.75, 3.05) is 31.1 Å². The largest absolute Gasteiger partial charge is 0.389 e. The summed E-state index contributed by atoms with van der Waals surface area (Å²) in [5, 5.41) is 19.1. The average Bonchev–Trinajstić information content (AvgIpc) is 2.45. The van der Waals surface area contributed by atoms with E-state index in [4.69, 9.17) is 5.26 Å². The van der Waals surface area contributed by atoms with E-state index >= 15 is 0 Å². The predicted molar refractivity (Wildman–Crippen MR) is 85.3 cm³/mol. The number of aliphatic hydroxyl groups excluding tert-OH is 1. The molecule has 1 aliphatic rings. The van der Waals surface area contributed by atoms with E-state index in [2.05, 4.69) is 36.6 Å². The van der Waals surface area contributed by atoms with Crippen LogP contribution in [0.4, 0.5) is 5.69 Å². The molecule has 0 aromatic heterocycles. The molecule has 21 heavy (non-hydrogen) atoms. The summed E-state index contributed by atoms with van der Waals surface area (Å²) < 4.78 is 0. The van der Waals surface area contributed by atoms with Gasteiger partial charge >= 0.3 is 0 Å². The van der Waals surface area contributed by atoms with Crippen LogP contribution in [0.15, 0.2) is 18.2 Å². The molecule has 114 valence electrons. The van der Waals surface area contributed by atoms with Gasteiger partial charge in [0.15, 0.2) is 0 Å². The van der Waals surface area contributed by atoms with E-state index in [0.29, 0.717) is 5.56 Å². The van der Waals surface area contributed by atoms with Gasteiger partial charge in [0.05, 0.1) is 17.7 Å². The highest BCUT2D eigenvalue weighted by molar-refractivity contribution is 5.58. The minimum atomic E-state index is -0.520. The van der Waals surface area contributed by atoms with Crippen LogP contribution in [0.2, 0.25) is 0 Å². The summed E-state index contributed by atoms with van der Waals surface area (Å²) >= 11 is 0. The summed E-state index contributed by atoms with van der Waals surface area (Å²) in [5.41, 5.74) is 2.73. The number of hydrogen-bond acceptors (Lipinski definition) is 4. The lowest BCUT2D eigenvalue weighted by Gasteiger charge is -2.43. The van der Waals surface area contributed by atoms with Crippen molar-refractivity contribution in [2.24, 2.45) is 0 Å². The zero-order valence-electron chi connectivity index (χ0n) is 13.4. The molecule has 0 saturated carbocycles. The Balaban J connectivity index is 2.21. The quantitative estimate of drug-likeness (QED) is 0.908. The minimum absolute atomic E-state index is 0.188. The monoisotopic (exact) mass is 287 g/mol. The molecule has 0 radical (unpaired) electrons. The molecule has 1 N–H and O–H groups in total. The lowest BCUT2D eigenvalue weighted by molar-refractivity contribution is 0.128. The molecule has 0 aliphatic carbocycles. The molecule has 1 heterocycles. The first-order chi connectivity index (χ1) is 9.82. The first-order valence-electron chi connectivity index (χ1n) is 7.55. The Labute approximate surface area is 127 Å². The van der Waals surface area contributed by atoms with Gasteiger partial charge in [-0.1, -0.05) is 6.07 Å². The highest BCUT2D eigenvalue weighted by Gasteiger charge is 2.27. The molecule has 0 amide bonds. The number of piperazine rings is 1. The van der Waals surface area contributed by atoms with E-state index in [-0.39, 0.29) is 5.54 Å². The van der Waals surface area contributed by atoms with Gasteiger partial charge in [-0.05, 0) is 39.8 Å². The Kier molecular flexibility index (Phi) is 4.55. The minimum Gasteiger partial charge on any atom is -0.389 e. The molecule has 1 aliphatic heterocycles. The molecular formula is C17H25N3O. The highest BCUT2D eigenvalue weighted by atomic mass is 16.3. The number of nitriles is 1. The summed E-state index contributed by atoms with van der Waals surface area (Å²) in [6.07, 6.45) is -0.520. The average molecular weight is 287 g/mol. The second-order valence-electron chi connectivity index (χ2n) is 6.71. The first kappa shape index (κ1) is 15.8. The molecule has 0 bridgehead atoms. The van der Waals surface area contributed by atoms with Crippen LogP contribution in [0.5, 0.6) is 0 Å². The molecule has 2 rings (SSSR count). The number of benzene rings is 1. The third-order valence-electron chi connectivity index (χ3n) is 4.18. The number of anilines is 1. The smallest absolute Gasteiger partial charge is 0.0992 e. The maximum absolute atomic E-state index is 9.96. The first-order valence-corrected chi connectivity index (χ1v) is 7.55. The van der Waals surface area contributed by atoms with Gasteiger partial charge in [-0.2, -0.15) is 5.26 Å². The van der Waals surface area contributed by atoms with E-state index in [9.17, 15) is 5.11 Å². The molecule has 1 atom stereocenters. The summed E-state index contributed by atoms with van der Waals surface area (Å²) in [6, 6.07) is 7.73. The number of aliphatic hydroxyl groups is 1. The van der Waals surface area contributed by atoms with Crippen LogP contribution in [0.3, 0.4) is 0 Å². The van der Waals surface area contributed by atoms with E-state index in [0.717, 1.165) is 37.4 Å². The van der Waals surface area contributed by atoms with Crippen LogP contribution >= 0.6 is 0 Å². The third kappa shape index (κ3) is 3.55. The second kappa shape index (κ2) is 6.05. The van der Waals surface area contributed by atoms with Crippen molar-refractivity contribution in [3.63, 3.8) is 0 Å². The van der Waals surface area contributed by atoms with Crippen molar-refractivity contribution in [2.45, 2.75) is 39.3 Å². The van der Waals surface area contributed by atoms with Gasteiger partial charge < -0.3 is 10.0 Å². The van der Waals surface area contributed by atoms with Gasteiger partial charge in [0, 0.05) is 43.0 Å². The van der Waals surface area contributed by atoms with Crippen LogP contribution < -0.4 is 4.90 Å². The fourth-order valence-electron chi connectivity index (χ4n) is 2.86. The second-order valence-corrected chi connectivity index (χ2v) is 6.71. The summed E-state index contributed by atoms with van der Waals surface area (Å²) in [4.78, 5) is 4.75. The van der Waals surface area contributed by atoms with E-state index < -0.39 is 6.10 Å². The van der Waals surface area contributed by atoms with Crippen molar-refractivity contribution >= 4 is 5.69 Å². The van der Waals surface area contributed by atoms with E-state index in [1.807, 2.05) is 12.1 Å². The van der Waals surface area contributed by atoms with Gasteiger partial charge in [0.2, 0.25) is 0 Å². The van der Waals surface area contributed by atoms with Crippen LogP contribution in [0, 0.1) is 11.3 Å². The molecule has 4 nitrogen and oxygen atoms in total. The molecule has 0 spiro atoms. The Hall–Kier alpha value is -1.57. The van der Waals surface area contributed by atoms with E-state index in [1.54, 1.807) is 13.0 Å². The predicted octanol–water partition coefficient (Wildman–Crippen LogP) is 2.53. The Morgan fingerprint density at radius 2 is 1.81 bits per heavy atom. The van der Waals surface area contributed by atoms with Crippen molar-refractivity contribution in [1.82, 2.24) is 4.90 Å². The molecule has 1 aromatic carbocycles. The topological polar surface area (TPSA) is 50.5 Å². The molecule has 1 unspecified atom stereocenters. The van der Waals surface area contributed by atoms with Crippen molar-refractivity contribution in [3.05, 3.63) is 29.3 Å². The fourth-order valence-corrected chi connectivity index (χ4v) is 2.86. The zero-order chi connectivity index (χ0) is 15.6. The number of rotatable bonds is 2. The maximum Gasteiger partial charge on any atom is 0.0992 e. The fraction of sp³-hybridized carbons (Fsp3) is 0.588. The van der Waals surface area contributed by atoms with Gasteiger partial charge in [0.1, 0.15) is 0 Å². The van der Waals surface area contributed by atoms with Crippen molar-refractivity contribution in [1.29, 1.82) is 5.26 Å². The summed E-state index contributed by atoms with van der Waals surface area (Å²) in [6.45, 7) is 12.3. The van der Waals surface area contributed by atoms with Gasteiger partial charge in [-0.15, -0.1) is 0 Å². The highest BCUT2D eigenvalue weighted by Crippen LogP contribution is 2.29. The molecule has 1 aromatic rings. The van der Waals surface area contributed by atoms with Crippen LogP contribution in [0.25, 0.3) is 0 Å². The number of hydrogen-bond donors (Lipinski definition) is 1. The van der Waals surface area contributed by atoms with Crippen molar-refractivity contribution < 1.29 is 5.11 Å². The Morgan fingerprint density at radius 3 is 2.29 bits per heavy atom. The number of nitrogens with zero attached hydrogens (tertiary/aromatic N) is 3. The zero-order valence-corrected chi connectivity index (χ0v) is 13.4. The molecule has 4 heteroatoms. The molecule has 1 saturated heterocycles. The SMILES string of the molecule is CC(O)c1ccc(C#N)cc1N1CCN(C(C)(C)C)CC1. The third-order valence-corrected chi connectivity index (χ3v) is 4.18. The van der Waals surface area contributed by atoms with Crippen LogP contribution in [0.1, 0.15) is 44.9 Å². The van der Waals surface area contributed by atoms with Crippen molar-refractivity contribution in [3.8, 4) is 6.07 Å².